The molecule has 0 aromatic heterocycles. The summed E-state index contributed by atoms with van der Waals surface area (Å²) in [6.45, 7) is 3.90. The van der Waals surface area contributed by atoms with Crippen LogP contribution in [0.4, 0.5) is 18.9 Å². The topological polar surface area (TPSA) is 26.8 Å². The number of hydrogen-bond donors (Lipinski definition) is 0. The Hall–Kier alpha value is -2.54. The molecule has 4 nitrogen and oxygen atoms in total. The highest BCUT2D eigenvalue weighted by molar-refractivity contribution is 5.78. The quantitative estimate of drug-likeness (QED) is 0.781. The highest BCUT2D eigenvalue weighted by atomic mass is 19.1. The van der Waals surface area contributed by atoms with Crippen molar-refractivity contribution in [1.29, 1.82) is 0 Å². The Morgan fingerprint density at radius 2 is 1.71 bits per heavy atom. The van der Waals surface area contributed by atoms with E-state index in [0.29, 0.717) is 31.9 Å². The van der Waals surface area contributed by atoms with Gasteiger partial charge >= 0.3 is 0 Å². The molecule has 28 heavy (non-hydrogen) atoms. The zero-order valence-corrected chi connectivity index (χ0v) is 16.0. The van der Waals surface area contributed by atoms with Crippen LogP contribution in [0, 0.1) is 17.5 Å². The van der Waals surface area contributed by atoms with Gasteiger partial charge in [0.2, 0.25) is 5.91 Å². The van der Waals surface area contributed by atoms with Gasteiger partial charge in [-0.3, -0.25) is 9.69 Å². The van der Waals surface area contributed by atoms with Crippen molar-refractivity contribution in [3.05, 3.63) is 65.5 Å². The predicted octanol–water partition coefficient (Wildman–Crippen LogP) is 3.45. The molecule has 1 unspecified atom stereocenters. The number of nitrogens with zero attached hydrogens (tertiary/aromatic N) is 3. The second kappa shape index (κ2) is 8.65. The van der Waals surface area contributed by atoms with Gasteiger partial charge in [0.1, 0.15) is 17.5 Å². The number of para-hydroxylation sites is 1. The Bertz CT molecular complexity index is 837. The van der Waals surface area contributed by atoms with E-state index in [4.69, 9.17) is 0 Å². The van der Waals surface area contributed by atoms with E-state index in [2.05, 4.69) is 0 Å². The van der Waals surface area contributed by atoms with Crippen molar-refractivity contribution < 1.29 is 18.0 Å². The Balaban J connectivity index is 1.57. The third-order valence-corrected chi connectivity index (χ3v) is 5.28. The van der Waals surface area contributed by atoms with Crippen molar-refractivity contribution in [2.75, 3.05) is 44.7 Å². The summed E-state index contributed by atoms with van der Waals surface area (Å²) < 4.78 is 41.3. The van der Waals surface area contributed by atoms with Crippen LogP contribution in [0.15, 0.2) is 42.5 Å². The predicted molar refractivity (Wildman–Crippen MR) is 103 cm³/mol. The number of piperazine rings is 1. The minimum atomic E-state index is -0.507. The SMILES string of the molecule is CC(c1cc(F)ccc1F)N(C)CC(=O)N1CCN(c2ccccc2F)CC1. The summed E-state index contributed by atoms with van der Waals surface area (Å²) in [5.74, 6) is -1.36. The number of likely N-dealkylation sites (N-methyl/N-ethyl adjacent to an activating group) is 1. The Morgan fingerprint density at radius 1 is 1.04 bits per heavy atom. The molecule has 1 aliphatic rings. The zero-order chi connectivity index (χ0) is 20.3. The summed E-state index contributed by atoms with van der Waals surface area (Å²) in [5, 5.41) is 0. The van der Waals surface area contributed by atoms with Crippen molar-refractivity contribution >= 4 is 11.6 Å². The zero-order valence-electron chi connectivity index (χ0n) is 16.0. The molecule has 0 bridgehead atoms. The lowest BCUT2D eigenvalue weighted by Gasteiger charge is -2.37. The average Bonchev–Trinajstić information content (AvgIpc) is 2.69. The number of carbonyl (C=O) groups excluding carboxylic acids is 1. The molecule has 1 heterocycles. The van der Waals surface area contributed by atoms with Gasteiger partial charge in [-0.25, -0.2) is 13.2 Å². The minimum Gasteiger partial charge on any atom is -0.366 e. The second-order valence-corrected chi connectivity index (χ2v) is 7.08. The van der Waals surface area contributed by atoms with E-state index >= 15 is 0 Å². The Kier molecular flexibility index (Phi) is 6.24. The lowest BCUT2D eigenvalue weighted by Crippen LogP contribution is -2.51. The van der Waals surface area contributed by atoms with Crippen LogP contribution in [0.3, 0.4) is 0 Å². The molecule has 0 N–H and O–H groups in total. The first-order chi connectivity index (χ1) is 13.4. The highest BCUT2D eigenvalue weighted by Gasteiger charge is 2.25. The van der Waals surface area contributed by atoms with E-state index in [1.807, 2.05) is 4.90 Å². The molecular weight excluding hydrogens is 367 g/mol. The first-order valence-electron chi connectivity index (χ1n) is 9.29. The van der Waals surface area contributed by atoms with E-state index in [1.165, 1.54) is 6.07 Å². The number of amides is 1. The number of benzene rings is 2. The maximum absolute atomic E-state index is 14.0. The van der Waals surface area contributed by atoms with Gasteiger partial charge in [0, 0.05) is 37.8 Å². The van der Waals surface area contributed by atoms with Crippen LogP contribution in [0.1, 0.15) is 18.5 Å². The fourth-order valence-corrected chi connectivity index (χ4v) is 3.43. The maximum atomic E-state index is 14.0. The van der Waals surface area contributed by atoms with Crippen molar-refractivity contribution in [3.8, 4) is 0 Å². The summed E-state index contributed by atoms with van der Waals surface area (Å²) in [4.78, 5) is 18.0. The van der Waals surface area contributed by atoms with Gasteiger partial charge in [-0.2, -0.15) is 0 Å². The van der Waals surface area contributed by atoms with Crippen LogP contribution in [0.2, 0.25) is 0 Å². The molecule has 150 valence electrons. The Labute approximate surface area is 163 Å². The monoisotopic (exact) mass is 391 g/mol. The van der Waals surface area contributed by atoms with Crippen molar-refractivity contribution in [3.63, 3.8) is 0 Å². The lowest BCUT2D eigenvalue weighted by atomic mass is 10.1. The number of carbonyl (C=O) groups is 1. The van der Waals surface area contributed by atoms with Crippen LogP contribution >= 0.6 is 0 Å². The van der Waals surface area contributed by atoms with E-state index in [1.54, 1.807) is 42.0 Å². The molecule has 7 heteroatoms. The molecule has 2 aromatic rings. The van der Waals surface area contributed by atoms with E-state index in [9.17, 15) is 18.0 Å². The van der Waals surface area contributed by atoms with E-state index in [0.717, 1.165) is 18.2 Å². The fraction of sp³-hybridized carbons (Fsp3) is 0.381. The molecule has 0 aliphatic carbocycles. The molecule has 0 saturated carbocycles. The Morgan fingerprint density at radius 3 is 2.39 bits per heavy atom. The van der Waals surface area contributed by atoms with Crippen LogP contribution in [0.25, 0.3) is 0 Å². The molecule has 0 radical (unpaired) electrons. The van der Waals surface area contributed by atoms with Gasteiger partial charge in [0.25, 0.3) is 0 Å². The van der Waals surface area contributed by atoms with E-state index in [-0.39, 0.29) is 23.8 Å². The van der Waals surface area contributed by atoms with Crippen molar-refractivity contribution in [1.82, 2.24) is 9.80 Å². The summed E-state index contributed by atoms with van der Waals surface area (Å²) in [6.07, 6.45) is 0. The molecule has 1 aliphatic heterocycles. The molecule has 0 spiro atoms. The van der Waals surface area contributed by atoms with Gasteiger partial charge in [0.15, 0.2) is 0 Å². The fourth-order valence-electron chi connectivity index (χ4n) is 3.43. The average molecular weight is 391 g/mol. The minimum absolute atomic E-state index is 0.0839. The summed E-state index contributed by atoms with van der Waals surface area (Å²) in [5.41, 5.74) is 0.765. The summed E-state index contributed by atoms with van der Waals surface area (Å²) in [7, 11) is 1.71. The smallest absolute Gasteiger partial charge is 0.236 e. The maximum Gasteiger partial charge on any atom is 0.236 e. The molecule has 1 fully saturated rings. The van der Waals surface area contributed by atoms with Crippen LogP contribution < -0.4 is 4.90 Å². The summed E-state index contributed by atoms with van der Waals surface area (Å²) >= 11 is 0. The highest BCUT2D eigenvalue weighted by Crippen LogP contribution is 2.23. The van der Waals surface area contributed by atoms with Crippen LogP contribution in [0.5, 0.6) is 0 Å². The standard InChI is InChI=1S/C21H24F3N3O/c1-15(17-13-16(22)7-8-18(17)23)25(2)14-21(28)27-11-9-26(10-12-27)20-6-4-3-5-19(20)24/h3-8,13,15H,9-12,14H2,1-2H3. The van der Waals surface area contributed by atoms with Gasteiger partial charge in [-0.1, -0.05) is 12.1 Å². The molecule has 1 atom stereocenters. The first kappa shape index (κ1) is 20.2. The first-order valence-corrected chi connectivity index (χ1v) is 9.29. The van der Waals surface area contributed by atoms with Gasteiger partial charge < -0.3 is 9.80 Å². The largest absolute Gasteiger partial charge is 0.366 e. The third-order valence-electron chi connectivity index (χ3n) is 5.28. The molecular formula is C21H24F3N3O. The lowest BCUT2D eigenvalue weighted by molar-refractivity contribution is -0.132. The second-order valence-electron chi connectivity index (χ2n) is 7.08. The van der Waals surface area contributed by atoms with Crippen LogP contribution in [-0.4, -0.2) is 55.5 Å². The van der Waals surface area contributed by atoms with Crippen molar-refractivity contribution in [2.24, 2.45) is 0 Å². The molecule has 1 amide bonds. The molecule has 2 aromatic carbocycles. The van der Waals surface area contributed by atoms with Crippen LogP contribution in [-0.2, 0) is 4.79 Å². The van der Waals surface area contributed by atoms with Crippen molar-refractivity contribution in [2.45, 2.75) is 13.0 Å². The third kappa shape index (κ3) is 4.47. The van der Waals surface area contributed by atoms with Gasteiger partial charge in [0.05, 0.1) is 12.2 Å². The van der Waals surface area contributed by atoms with Gasteiger partial charge in [-0.15, -0.1) is 0 Å². The number of halogens is 3. The molecule has 3 rings (SSSR count). The summed E-state index contributed by atoms with van der Waals surface area (Å²) in [6, 6.07) is 9.48. The molecule has 1 saturated heterocycles. The normalized spacial score (nSPS) is 15.8. The number of rotatable bonds is 5. The van der Waals surface area contributed by atoms with E-state index < -0.39 is 17.7 Å². The van der Waals surface area contributed by atoms with Gasteiger partial charge in [-0.05, 0) is 44.3 Å². The number of hydrogen-bond acceptors (Lipinski definition) is 3. The number of anilines is 1.